The second-order valence-electron chi connectivity index (χ2n) is 3.71. The van der Waals surface area contributed by atoms with Crippen LogP contribution in [-0.4, -0.2) is 5.11 Å². The molecule has 2 rings (SSSR count). The topological polar surface area (TPSA) is 20.2 Å². The Morgan fingerprint density at radius 3 is 2.41 bits per heavy atom. The number of halogens is 3. The van der Waals surface area contributed by atoms with Crippen LogP contribution in [0, 0.1) is 6.92 Å². The van der Waals surface area contributed by atoms with Crippen molar-refractivity contribution in [2.24, 2.45) is 0 Å². The zero-order chi connectivity index (χ0) is 12.6. The van der Waals surface area contributed by atoms with Crippen LogP contribution in [0.4, 0.5) is 0 Å². The number of hydrogen-bond acceptors (Lipinski definition) is 2. The molecule has 1 N–H and O–H groups in total. The summed E-state index contributed by atoms with van der Waals surface area (Å²) in [4.78, 5) is 0. The molecule has 0 radical (unpaired) electrons. The van der Waals surface area contributed by atoms with Gasteiger partial charge >= 0.3 is 0 Å². The van der Waals surface area contributed by atoms with Gasteiger partial charge in [-0.2, -0.15) is 0 Å². The molecule has 1 atom stereocenters. The Kier molecular flexibility index (Phi) is 4.47. The Morgan fingerprint density at radius 1 is 1.12 bits per heavy atom. The summed E-state index contributed by atoms with van der Waals surface area (Å²) < 4.78 is 2.87. The minimum absolute atomic E-state index is 0.624. The third kappa shape index (κ3) is 3.01. The van der Waals surface area contributed by atoms with Gasteiger partial charge in [0.1, 0.15) is 6.10 Å². The Bertz CT molecular complexity index is 551. The molecular formula is C12H9Br3OS. The van der Waals surface area contributed by atoms with Crippen LogP contribution in [0.25, 0.3) is 0 Å². The van der Waals surface area contributed by atoms with E-state index in [0.717, 1.165) is 28.7 Å². The zero-order valence-electron chi connectivity index (χ0n) is 8.88. The van der Waals surface area contributed by atoms with Gasteiger partial charge in [0, 0.05) is 10.0 Å². The highest BCUT2D eigenvalue weighted by Crippen LogP contribution is 2.39. The summed E-state index contributed by atoms with van der Waals surface area (Å²) in [6.07, 6.45) is -0.624. The average Bonchev–Trinajstić information content (AvgIpc) is 2.60. The Labute approximate surface area is 129 Å². The molecule has 0 fully saturated rings. The molecule has 90 valence electrons. The average molecular weight is 441 g/mol. The third-order valence-electron chi connectivity index (χ3n) is 2.42. The zero-order valence-corrected chi connectivity index (χ0v) is 14.5. The van der Waals surface area contributed by atoms with Crippen molar-refractivity contribution in [3.8, 4) is 0 Å². The smallest absolute Gasteiger partial charge is 0.107 e. The lowest BCUT2D eigenvalue weighted by Crippen LogP contribution is -2.00. The second kappa shape index (κ2) is 5.53. The molecule has 0 aliphatic carbocycles. The summed E-state index contributed by atoms with van der Waals surface area (Å²) in [5.74, 6) is 0. The first-order valence-electron chi connectivity index (χ1n) is 4.88. The van der Waals surface area contributed by atoms with Gasteiger partial charge in [0.15, 0.2) is 0 Å². The molecule has 0 aliphatic rings. The Balaban J connectivity index is 2.46. The summed E-state index contributed by atoms with van der Waals surface area (Å²) in [5.41, 5.74) is 2.90. The molecule has 1 heterocycles. The van der Waals surface area contributed by atoms with Gasteiger partial charge < -0.3 is 5.11 Å². The van der Waals surface area contributed by atoms with Crippen molar-refractivity contribution in [3.63, 3.8) is 0 Å². The van der Waals surface area contributed by atoms with Crippen LogP contribution in [0.2, 0.25) is 0 Å². The maximum Gasteiger partial charge on any atom is 0.107 e. The predicted octanol–water partition coefficient (Wildman–Crippen LogP) is 5.43. The van der Waals surface area contributed by atoms with E-state index >= 15 is 0 Å². The fourth-order valence-electron chi connectivity index (χ4n) is 1.58. The van der Waals surface area contributed by atoms with Crippen molar-refractivity contribution in [2.75, 3.05) is 0 Å². The maximum atomic E-state index is 10.4. The number of hydrogen-bond donors (Lipinski definition) is 1. The van der Waals surface area contributed by atoms with Crippen LogP contribution in [0.1, 0.15) is 22.8 Å². The van der Waals surface area contributed by atoms with E-state index in [2.05, 4.69) is 47.8 Å². The first-order chi connectivity index (χ1) is 7.99. The van der Waals surface area contributed by atoms with Crippen LogP contribution in [-0.2, 0) is 0 Å². The normalized spacial score (nSPS) is 12.8. The predicted molar refractivity (Wildman–Crippen MR) is 82.7 cm³/mol. The van der Waals surface area contributed by atoms with Crippen LogP contribution < -0.4 is 0 Å². The molecule has 5 heteroatoms. The van der Waals surface area contributed by atoms with E-state index in [1.54, 1.807) is 11.3 Å². The van der Waals surface area contributed by atoms with Crippen molar-refractivity contribution in [1.29, 1.82) is 0 Å². The van der Waals surface area contributed by atoms with E-state index in [1.165, 1.54) is 0 Å². The van der Waals surface area contributed by atoms with Crippen LogP contribution in [0.15, 0.2) is 36.3 Å². The molecule has 0 amide bonds. The molecule has 1 unspecified atom stereocenters. The van der Waals surface area contributed by atoms with Crippen molar-refractivity contribution in [1.82, 2.24) is 0 Å². The summed E-state index contributed by atoms with van der Waals surface area (Å²) in [6, 6.07) is 7.91. The standard InChI is InChI=1S/C12H9Br3OS/c1-6-2-3-9(13)7(4-6)11(16)8-5-10(14)17-12(8)15/h2-5,11,16H,1H3. The number of aryl methyl sites for hydroxylation is 1. The van der Waals surface area contributed by atoms with E-state index in [-0.39, 0.29) is 0 Å². The molecule has 2 aromatic rings. The highest BCUT2D eigenvalue weighted by Gasteiger charge is 2.18. The molecule has 0 saturated heterocycles. The lowest BCUT2D eigenvalue weighted by atomic mass is 10.0. The monoisotopic (exact) mass is 438 g/mol. The molecule has 0 spiro atoms. The number of aliphatic hydroxyl groups excluding tert-OH is 1. The first kappa shape index (κ1) is 13.7. The highest BCUT2D eigenvalue weighted by molar-refractivity contribution is 9.12. The van der Waals surface area contributed by atoms with Crippen molar-refractivity contribution in [2.45, 2.75) is 13.0 Å². The lowest BCUT2D eigenvalue weighted by Gasteiger charge is -2.13. The van der Waals surface area contributed by atoms with Gasteiger partial charge in [0.2, 0.25) is 0 Å². The van der Waals surface area contributed by atoms with Gasteiger partial charge in [-0.3, -0.25) is 0 Å². The molecule has 0 aliphatic heterocycles. The van der Waals surface area contributed by atoms with Crippen LogP contribution >= 0.6 is 59.1 Å². The number of benzene rings is 1. The lowest BCUT2D eigenvalue weighted by molar-refractivity contribution is 0.219. The second-order valence-corrected chi connectivity index (χ2v) is 8.31. The highest BCUT2D eigenvalue weighted by atomic mass is 79.9. The molecule has 1 aromatic carbocycles. The largest absolute Gasteiger partial charge is 0.384 e. The molecule has 1 nitrogen and oxygen atoms in total. The number of aliphatic hydroxyl groups is 1. The Hall–Kier alpha value is 0.320. The fourth-order valence-corrected chi connectivity index (χ4v) is 4.93. The summed E-state index contributed by atoms with van der Waals surface area (Å²) in [6.45, 7) is 2.02. The van der Waals surface area contributed by atoms with Crippen LogP contribution in [0.5, 0.6) is 0 Å². The van der Waals surface area contributed by atoms with Crippen molar-refractivity contribution < 1.29 is 5.11 Å². The molecule has 1 aromatic heterocycles. The SMILES string of the molecule is Cc1ccc(Br)c(C(O)c2cc(Br)sc2Br)c1. The molecule has 0 saturated carbocycles. The quantitative estimate of drug-likeness (QED) is 0.660. The molecule has 17 heavy (non-hydrogen) atoms. The third-order valence-corrected chi connectivity index (χ3v) is 5.53. The van der Waals surface area contributed by atoms with Gasteiger partial charge in [0.25, 0.3) is 0 Å². The van der Waals surface area contributed by atoms with Gasteiger partial charge in [-0.05, 0) is 56.5 Å². The van der Waals surface area contributed by atoms with Gasteiger partial charge in [-0.15, -0.1) is 11.3 Å². The van der Waals surface area contributed by atoms with Crippen molar-refractivity contribution >= 4 is 59.1 Å². The minimum Gasteiger partial charge on any atom is -0.384 e. The Morgan fingerprint density at radius 2 is 1.82 bits per heavy atom. The maximum absolute atomic E-state index is 10.4. The number of thiophene rings is 1. The summed E-state index contributed by atoms with van der Waals surface area (Å²) in [5, 5.41) is 10.4. The fraction of sp³-hybridized carbons (Fsp3) is 0.167. The van der Waals surface area contributed by atoms with Gasteiger partial charge in [0.05, 0.1) is 7.57 Å². The first-order valence-corrected chi connectivity index (χ1v) is 8.07. The summed E-state index contributed by atoms with van der Waals surface area (Å²) >= 11 is 11.9. The van der Waals surface area contributed by atoms with Gasteiger partial charge in [-0.25, -0.2) is 0 Å². The van der Waals surface area contributed by atoms with Crippen LogP contribution in [0.3, 0.4) is 0 Å². The summed E-state index contributed by atoms with van der Waals surface area (Å²) in [7, 11) is 0. The van der Waals surface area contributed by atoms with Gasteiger partial charge in [-0.1, -0.05) is 33.6 Å². The minimum atomic E-state index is -0.624. The molecular weight excluding hydrogens is 432 g/mol. The van der Waals surface area contributed by atoms with E-state index in [0.29, 0.717) is 0 Å². The van der Waals surface area contributed by atoms with E-state index < -0.39 is 6.10 Å². The van der Waals surface area contributed by atoms with Crippen molar-refractivity contribution in [3.05, 3.63) is 53.0 Å². The molecule has 0 bridgehead atoms. The number of rotatable bonds is 2. The van der Waals surface area contributed by atoms with E-state index in [1.807, 2.05) is 31.2 Å². The van der Waals surface area contributed by atoms with E-state index in [4.69, 9.17) is 0 Å². The van der Waals surface area contributed by atoms with E-state index in [9.17, 15) is 5.11 Å².